The smallest absolute Gasteiger partial charge is 0.335 e. The fraction of sp³-hybridized carbons (Fsp3) is 0.172. The molecule has 11 heteroatoms. The van der Waals surface area contributed by atoms with Gasteiger partial charge in [-0.1, -0.05) is 49.2 Å². The number of halogens is 1. The predicted octanol–water partition coefficient (Wildman–Crippen LogP) is 4.35. The van der Waals surface area contributed by atoms with Crippen LogP contribution in [0.1, 0.15) is 40.4 Å². The fourth-order valence-electron chi connectivity index (χ4n) is 4.03. The molecule has 10 nitrogen and oxygen atoms in total. The molecule has 3 N–H and O–H groups in total. The first-order valence-corrected chi connectivity index (χ1v) is 12.9. The molecule has 0 bridgehead atoms. The van der Waals surface area contributed by atoms with Crippen LogP contribution in [0.5, 0.6) is 0 Å². The van der Waals surface area contributed by atoms with Crippen LogP contribution in [0.4, 0.5) is 5.69 Å². The number of anilines is 1. The number of amides is 2. The first kappa shape index (κ1) is 28.2. The van der Waals surface area contributed by atoms with E-state index < -0.39 is 23.8 Å². The standard InChI is InChI=1S/C29H27ClN6O4/c1-2-3-19-4-6-20(7-5-19)16-25(28(38)32-24-12-8-21(9-13-24)29(39)40)33-27(37)15-10-22-17-23(30)11-14-26(22)36-18-31-34-35-36/h4-15,17-18,25H,2-3,16H2,1H3,(H,32,38)(H,33,37)(H,39,40)/b15-10+/t25-/m0/s1. The van der Waals surface area contributed by atoms with Gasteiger partial charge < -0.3 is 15.7 Å². The lowest BCUT2D eigenvalue weighted by molar-refractivity contribution is -0.123. The lowest BCUT2D eigenvalue weighted by Gasteiger charge is -2.18. The van der Waals surface area contributed by atoms with Crippen molar-refractivity contribution in [3.05, 3.63) is 106 Å². The summed E-state index contributed by atoms with van der Waals surface area (Å²) in [5, 5.41) is 26.3. The number of carbonyl (C=O) groups is 3. The van der Waals surface area contributed by atoms with Gasteiger partial charge in [-0.15, -0.1) is 5.10 Å². The number of hydrogen-bond donors (Lipinski definition) is 3. The zero-order chi connectivity index (χ0) is 28.5. The van der Waals surface area contributed by atoms with Gasteiger partial charge in [-0.05, 0) is 76.5 Å². The van der Waals surface area contributed by atoms with E-state index in [0.717, 1.165) is 18.4 Å². The van der Waals surface area contributed by atoms with Crippen molar-refractivity contribution in [3.8, 4) is 5.69 Å². The Morgan fingerprint density at radius 2 is 1.75 bits per heavy atom. The summed E-state index contributed by atoms with van der Waals surface area (Å²) in [6.07, 6.45) is 6.53. The summed E-state index contributed by atoms with van der Waals surface area (Å²) in [6, 6.07) is 17.9. The van der Waals surface area contributed by atoms with Crippen molar-refractivity contribution >= 4 is 41.1 Å². The molecule has 0 saturated carbocycles. The summed E-state index contributed by atoms with van der Waals surface area (Å²) >= 11 is 6.16. The molecule has 4 rings (SSSR count). The quantitative estimate of drug-likeness (QED) is 0.233. The van der Waals surface area contributed by atoms with Crippen LogP contribution in [-0.2, 0) is 22.4 Å². The predicted molar refractivity (Wildman–Crippen MR) is 151 cm³/mol. The van der Waals surface area contributed by atoms with E-state index in [1.807, 2.05) is 24.3 Å². The molecule has 0 fully saturated rings. The number of nitrogens with one attached hydrogen (secondary N) is 2. The van der Waals surface area contributed by atoms with Gasteiger partial charge in [0, 0.05) is 28.8 Å². The van der Waals surface area contributed by atoms with Gasteiger partial charge in [0.15, 0.2) is 0 Å². The van der Waals surface area contributed by atoms with Crippen molar-refractivity contribution < 1.29 is 19.5 Å². The van der Waals surface area contributed by atoms with E-state index in [0.29, 0.717) is 22.0 Å². The van der Waals surface area contributed by atoms with Gasteiger partial charge in [0.05, 0.1) is 11.3 Å². The number of aromatic nitrogens is 4. The molecule has 1 heterocycles. The number of benzene rings is 3. The van der Waals surface area contributed by atoms with Gasteiger partial charge in [-0.2, -0.15) is 4.68 Å². The van der Waals surface area contributed by atoms with Gasteiger partial charge in [-0.25, -0.2) is 4.79 Å². The first-order chi connectivity index (χ1) is 19.3. The van der Waals surface area contributed by atoms with Crippen LogP contribution < -0.4 is 10.6 Å². The second kappa shape index (κ2) is 13.3. The number of tetrazole rings is 1. The van der Waals surface area contributed by atoms with E-state index in [1.54, 1.807) is 24.3 Å². The average molecular weight is 559 g/mol. The normalized spacial score (nSPS) is 11.8. The van der Waals surface area contributed by atoms with E-state index >= 15 is 0 Å². The van der Waals surface area contributed by atoms with E-state index in [4.69, 9.17) is 16.7 Å². The van der Waals surface area contributed by atoms with Crippen LogP contribution in [0.2, 0.25) is 5.02 Å². The van der Waals surface area contributed by atoms with Gasteiger partial charge in [-0.3, -0.25) is 9.59 Å². The maximum Gasteiger partial charge on any atom is 0.335 e. The lowest BCUT2D eigenvalue weighted by Crippen LogP contribution is -2.44. The zero-order valence-corrected chi connectivity index (χ0v) is 22.4. The van der Waals surface area contributed by atoms with Crippen LogP contribution in [-0.4, -0.2) is 49.1 Å². The fourth-order valence-corrected chi connectivity index (χ4v) is 4.21. The Bertz CT molecular complexity index is 1500. The number of carbonyl (C=O) groups excluding carboxylic acids is 2. The lowest BCUT2D eigenvalue weighted by atomic mass is 10.0. The SMILES string of the molecule is CCCc1ccc(C[C@H](NC(=O)/C=C/c2cc(Cl)ccc2-n2cnnn2)C(=O)Nc2ccc(C(=O)O)cc2)cc1. The third-order valence-corrected chi connectivity index (χ3v) is 6.27. The Hall–Kier alpha value is -4.83. The van der Waals surface area contributed by atoms with Gasteiger partial charge in [0.2, 0.25) is 11.8 Å². The highest BCUT2D eigenvalue weighted by molar-refractivity contribution is 6.30. The Morgan fingerprint density at radius 1 is 1.02 bits per heavy atom. The molecule has 4 aromatic rings. The Balaban J connectivity index is 1.53. The van der Waals surface area contributed by atoms with Crippen molar-refractivity contribution in [2.75, 3.05) is 5.32 Å². The van der Waals surface area contributed by atoms with Crippen molar-refractivity contribution in [2.24, 2.45) is 0 Å². The van der Waals surface area contributed by atoms with Crippen LogP contribution in [0.15, 0.2) is 79.1 Å². The Morgan fingerprint density at radius 3 is 2.40 bits per heavy atom. The molecule has 204 valence electrons. The molecule has 40 heavy (non-hydrogen) atoms. The minimum Gasteiger partial charge on any atom is -0.478 e. The highest BCUT2D eigenvalue weighted by atomic mass is 35.5. The van der Waals surface area contributed by atoms with E-state index in [2.05, 4.69) is 33.1 Å². The minimum absolute atomic E-state index is 0.0993. The number of nitrogens with zero attached hydrogens (tertiary/aromatic N) is 4. The van der Waals surface area contributed by atoms with Gasteiger partial charge in [0.25, 0.3) is 0 Å². The number of aromatic carboxylic acids is 1. The molecule has 3 aromatic carbocycles. The van der Waals surface area contributed by atoms with Gasteiger partial charge in [0.1, 0.15) is 12.4 Å². The monoisotopic (exact) mass is 558 g/mol. The highest BCUT2D eigenvalue weighted by Gasteiger charge is 2.21. The summed E-state index contributed by atoms with van der Waals surface area (Å²) in [6.45, 7) is 2.11. The summed E-state index contributed by atoms with van der Waals surface area (Å²) in [5.74, 6) is -2.00. The number of hydrogen-bond acceptors (Lipinski definition) is 6. The summed E-state index contributed by atoms with van der Waals surface area (Å²) < 4.78 is 1.45. The number of carboxylic acids is 1. The molecular weight excluding hydrogens is 532 g/mol. The molecule has 0 radical (unpaired) electrons. The Labute approximate surface area is 235 Å². The molecule has 0 saturated heterocycles. The molecule has 0 spiro atoms. The second-order valence-corrected chi connectivity index (χ2v) is 9.43. The first-order valence-electron chi connectivity index (χ1n) is 12.6. The van der Waals surface area contributed by atoms with Crippen molar-refractivity contribution in [3.63, 3.8) is 0 Å². The van der Waals surface area contributed by atoms with Crippen LogP contribution in [0.25, 0.3) is 11.8 Å². The molecule has 1 aromatic heterocycles. The van der Waals surface area contributed by atoms with Crippen molar-refractivity contribution in [1.82, 2.24) is 25.5 Å². The van der Waals surface area contributed by atoms with E-state index in [9.17, 15) is 14.4 Å². The third kappa shape index (κ3) is 7.61. The summed E-state index contributed by atoms with van der Waals surface area (Å²) in [4.78, 5) is 37.4. The molecular formula is C29H27ClN6O4. The largest absolute Gasteiger partial charge is 0.478 e. The molecule has 1 atom stereocenters. The summed E-state index contributed by atoms with van der Waals surface area (Å²) in [5.41, 5.74) is 3.79. The topological polar surface area (TPSA) is 139 Å². The maximum atomic E-state index is 13.3. The number of aryl methyl sites for hydroxylation is 1. The maximum absolute atomic E-state index is 13.3. The average Bonchev–Trinajstić information content (AvgIpc) is 3.48. The van der Waals surface area contributed by atoms with Crippen LogP contribution in [0.3, 0.4) is 0 Å². The summed E-state index contributed by atoms with van der Waals surface area (Å²) in [7, 11) is 0. The molecule has 0 unspecified atom stereocenters. The third-order valence-electron chi connectivity index (χ3n) is 6.03. The van der Waals surface area contributed by atoms with Crippen LogP contribution >= 0.6 is 11.6 Å². The molecule has 0 aliphatic carbocycles. The van der Waals surface area contributed by atoms with Crippen molar-refractivity contribution in [1.29, 1.82) is 0 Å². The Kier molecular flexibility index (Phi) is 9.37. The van der Waals surface area contributed by atoms with Gasteiger partial charge >= 0.3 is 5.97 Å². The van der Waals surface area contributed by atoms with Crippen LogP contribution in [0, 0.1) is 0 Å². The minimum atomic E-state index is -1.07. The van der Waals surface area contributed by atoms with E-state index in [-0.39, 0.29) is 12.0 Å². The number of carboxylic acid groups (broad SMARTS) is 1. The molecule has 0 aliphatic rings. The molecule has 2 amide bonds. The zero-order valence-electron chi connectivity index (χ0n) is 21.6. The van der Waals surface area contributed by atoms with Crippen molar-refractivity contribution in [2.45, 2.75) is 32.2 Å². The number of rotatable bonds is 11. The second-order valence-electron chi connectivity index (χ2n) is 8.99. The van der Waals surface area contributed by atoms with E-state index in [1.165, 1.54) is 46.9 Å². The highest BCUT2D eigenvalue weighted by Crippen LogP contribution is 2.20. The molecule has 0 aliphatic heterocycles.